The Bertz CT molecular complexity index is 511. The van der Waals surface area contributed by atoms with Crippen LogP contribution in [0.5, 0.6) is 0 Å². The van der Waals surface area contributed by atoms with E-state index in [1.807, 2.05) is 11.8 Å². The fraction of sp³-hybridized carbons (Fsp3) is 0.600. The summed E-state index contributed by atoms with van der Waals surface area (Å²) in [5.74, 6) is 0.773. The zero-order valence-corrected chi connectivity index (χ0v) is 11.7. The highest BCUT2D eigenvalue weighted by molar-refractivity contribution is 5.77. The Morgan fingerprint density at radius 1 is 1.42 bits per heavy atom. The van der Waals surface area contributed by atoms with Crippen LogP contribution in [0.4, 0.5) is 0 Å². The molecule has 1 aromatic heterocycles. The van der Waals surface area contributed by atoms with E-state index in [-0.39, 0.29) is 0 Å². The summed E-state index contributed by atoms with van der Waals surface area (Å²) in [5, 5.41) is 4.50. The third-order valence-electron chi connectivity index (χ3n) is 4.15. The standard InChI is InChI=1S/C15H21N3O/c1-11-7-12(2)18(16-11)14-9-17(10-14)15(19)8-13-5-3-4-6-13/h3,5,7,13-14H,4,6,8-10H2,1-2H3. The molecule has 4 nitrogen and oxygen atoms in total. The van der Waals surface area contributed by atoms with Gasteiger partial charge in [-0.25, -0.2) is 0 Å². The molecule has 102 valence electrons. The summed E-state index contributed by atoms with van der Waals surface area (Å²) in [7, 11) is 0. The molecule has 1 amide bonds. The number of aromatic nitrogens is 2. The van der Waals surface area contributed by atoms with Crippen molar-refractivity contribution in [3.63, 3.8) is 0 Å². The van der Waals surface area contributed by atoms with Crippen LogP contribution in [0.2, 0.25) is 0 Å². The number of aryl methyl sites for hydroxylation is 2. The molecule has 1 atom stereocenters. The molecule has 2 heterocycles. The molecule has 3 rings (SSSR count). The van der Waals surface area contributed by atoms with E-state index in [0.29, 0.717) is 24.3 Å². The maximum atomic E-state index is 12.1. The van der Waals surface area contributed by atoms with Gasteiger partial charge in [-0.05, 0) is 38.7 Å². The molecule has 0 spiro atoms. The lowest BCUT2D eigenvalue weighted by molar-refractivity contribution is -0.137. The highest BCUT2D eigenvalue weighted by Crippen LogP contribution is 2.26. The lowest BCUT2D eigenvalue weighted by atomic mass is 10.0. The third kappa shape index (κ3) is 2.44. The van der Waals surface area contributed by atoms with Gasteiger partial charge in [0.15, 0.2) is 0 Å². The fourth-order valence-electron chi connectivity index (χ4n) is 3.05. The van der Waals surface area contributed by atoms with Gasteiger partial charge in [-0.2, -0.15) is 5.10 Å². The first-order chi connectivity index (χ1) is 9.13. The number of carbonyl (C=O) groups excluding carboxylic acids is 1. The van der Waals surface area contributed by atoms with Gasteiger partial charge >= 0.3 is 0 Å². The molecule has 2 aliphatic rings. The minimum Gasteiger partial charge on any atom is -0.338 e. The van der Waals surface area contributed by atoms with Crippen LogP contribution in [0.1, 0.15) is 36.7 Å². The second-order valence-corrected chi connectivity index (χ2v) is 5.79. The van der Waals surface area contributed by atoms with Crippen LogP contribution in [0.25, 0.3) is 0 Å². The molecule has 1 fully saturated rings. The first-order valence-corrected chi connectivity index (χ1v) is 7.10. The van der Waals surface area contributed by atoms with Crippen molar-refractivity contribution in [1.82, 2.24) is 14.7 Å². The van der Waals surface area contributed by atoms with Gasteiger partial charge in [0.05, 0.1) is 11.7 Å². The van der Waals surface area contributed by atoms with Crippen LogP contribution in [0.15, 0.2) is 18.2 Å². The number of hydrogen-bond donors (Lipinski definition) is 0. The molecule has 0 N–H and O–H groups in total. The zero-order chi connectivity index (χ0) is 13.4. The molecule has 1 saturated heterocycles. The Hall–Kier alpha value is -1.58. The molecular weight excluding hydrogens is 238 g/mol. The number of carbonyl (C=O) groups is 1. The fourth-order valence-corrected chi connectivity index (χ4v) is 3.05. The van der Waals surface area contributed by atoms with Gasteiger partial charge in [0.2, 0.25) is 5.91 Å². The SMILES string of the molecule is Cc1cc(C)n(C2CN(C(=O)CC3C=CCC3)C2)n1. The molecule has 0 radical (unpaired) electrons. The number of likely N-dealkylation sites (tertiary alicyclic amines) is 1. The summed E-state index contributed by atoms with van der Waals surface area (Å²) >= 11 is 0. The molecule has 0 saturated carbocycles. The molecule has 0 bridgehead atoms. The predicted octanol–water partition coefficient (Wildman–Crippen LogP) is 2.24. The number of rotatable bonds is 3. The van der Waals surface area contributed by atoms with E-state index in [0.717, 1.165) is 31.6 Å². The quantitative estimate of drug-likeness (QED) is 0.781. The average molecular weight is 259 g/mol. The highest BCUT2D eigenvalue weighted by Gasteiger charge is 2.33. The van der Waals surface area contributed by atoms with Crippen molar-refractivity contribution >= 4 is 5.91 Å². The first-order valence-electron chi connectivity index (χ1n) is 7.10. The van der Waals surface area contributed by atoms with E-state index in [9.17, 15) is 4.79 Å². The lowest BCUT2D eigenvalue weighted by Gasteiger charge is -2.40. The molecule has 1 aliphatic heterocycles. The first kappa shape index (κ1) is 12.5. The summed E-state index contributed by atoms with van der Waals surface area (Å²) in [5.41, 5.74) is 2.24. The Balaban J connectivity index is 1.53. The topological polar surface area (TPSA) is 38.1 Å². The van der Waals surface area contributed by atoms with Crippen LogP contribution < -0.4 is 0 Å². The lowest BCUT2D eigenvalue weighted by Crippen LogP contribution is -2.51. The zero-order valence-electron chi connectivity index (χ0n) is 11.7. The van der Waals surface area contributed by atoms with Crippen LogP contribution in [0.3, 0.4) is 0 Å². The largest absolute Gasteiger partial charge is 0.338 e. The van der Waals surface area contributed by atoms with Gasteiger partial charge in [-0.1, -0.05) is 12.2 Å². The normalized spacial score (nSPS) is 22.8. The molecule has 0 aromatic carbocycles. The Morgan fingerprint density at radius 2 is 2.21 bits per heavy atom. The van der Waals surface area contributed by atoms with Crippen molar-refractivity contribution in [1.29, 1.82) is 0 Å². The Labute approximate surface area is 114 Å². The van der Waals surface area contributed by atoms with Crippen molar-refractivity contribution in [3.8, 4) is 0 Å². The second kappa shape index (κ2) is 4.83. The number of allylic oxidation sites excluding steroid dienone is 2. The van der Waals surface area contributed by atoms with Crippen LogP contribution in [-0.2, 0) is 4.79 Å². The maximum absolute atomic E-state index is 12.1. The monoisotopic (exact) mass is 259 g/mol. The maximum Gasteiger partial charge on any atom is 0.223 e. The molecule has 1 aliphatic carbocycles. The third-order valence-corrected chi connectivity index (χ3v) is 4.15. The van der Waals surface area contributed by atoms with Crippen molar-refractivity contribution in [2.75, 3.05) is 13.1 Å². The molecule has 19 heavy (non-hydrogen) atoms. The van der Waals surface area contributed by atoms with Gasteiger partial charge in [0, 0.05) is 25.2 Å². The smallest absolute Gasteiger partial charge is 0.223 e. The second-order valence-electron chi connectivity index (χ2n) is 5.79. The molecule has 1 unspecified atom stereocenters. The summed E-state index contributed by atoms with van der Waals surface area (Å²) in [6.07, 6.45) is 7.33. The Morgan fingerprint density at radius 3 is 2.79 bits per heavy atom. The molecular formula is C15H21N3O. The van der Waals surface area contributed by atoms with Gasteiger partial charge < -0.3 is 4.90 Å². The van der Waals surface area contributed by atoms with Crippen molar-refractivity contribution in [2.24, 2.45) is 5.92 Å². The van der Waals surface area contributed by atoms with Gasteiger partial charge in [0.25, 0.3) is 0 Å². The van der Waals surface area contributed by atoms with Crippen LogP contribution in [-0.4, -0.2) is 33.7 Å². The van der Waals surface area contributed by atoms with E-state index in [2.05, 4.69) is 34.9 Å². The Kier molecular flexibility index (Phi) is 3.17. The molecule has 1 aromatic rings. The summed E-state index contributed by atoms with van der Waals surface area (Å²) in [4.78, 5) is 14.1. The minimum absolute atomic E-state index is 0.300. The van der Waals surface area contributed by atoms with Gasteiger partial charge in [0.1, 0.15) is 0 Å². The highest BCUT2D eigenvalue weighted by atomic mass is 16.2. The summed E-state index contributed by atoms with van der Waals surface area (Å²) in [6, 6.07) is 2.46. The van der Waals surface area contributed by atoms with Crippen LogP contribution >= 0.6 is 0 Å². The van der Waals surface area contributed by atoms with Gasteiger partial charge in [-0.3, -0.25) is 9.48 Å². The minimum atomic E-state index is 0.300. The average Bonchev–Trinajstić information content (AvgIpc) is 2.87. The molecule has 4 heteroatoms. The van der Waals surface area contributed by atoms with E-state index in [4.69, 9.17) is 0 Å². The van der Waals surface area contributed by atoms with E-state index in [1.54, 1.807) is 0 Å². The number of nitrogens with zero attached hydrogens (tertiary/aromatic N) is 3. The summed E-state index contributed by atoms with van der Waals surface area (Å²) in [6.45, 7) is 5.72. The van der Waals surface area contributed by atoms with Crippen LogP contribution in [0, 0.1) is 19.8 Å². The van der Waals surface area contributed by atoms with E-state index < -0.39 is 0 Å². The van der Waals surface area contributed by atoms with Crippen molar-refractivity contribution in [3.05, 3.63) is 29.6 Å². The van der Waals surface area contributed by atoms with Crippen molar-refractivity contribution < 1.29 is 4.79 Å². The van der Waals surface area contributed by atoms with Crippen molar-refractivity contribution in [2.45, 2.75) is 39.2 Å². The number of hydrogen-bond acceptors (Lipinski definition) is 2. The van der Waals surface area contributed by atoms with Gasteiger partial charge in [-0.15, -0.1) is 0 Å². The van der Waals surface area contributed by atoms with E-state index in [1.165, 1.54) is 5.69 Å². The predicted molar refractivity (Wildman–Crippen MR) is 73.8 cm³/mol. The number of amides is 1. The summed E-state index contributed by atoms with van der Waals surface area (Å²) < 4.78 is 2.06. The van der Waals surface area contributed by atoms with E-state index >= 15 is 0 Å².